The standard InChI is InChI=1S/C12H11NO3S2/c1-6-2-3-9-8(4-6)13-11(18-9)7(12(16)17)5-10(14)15/h2-4,7H,5H2,1H3,(H,14,15)(H,16,17). The van der Waals surface area contributed by atoms with Gasteiger partial charge in [0.25, 0.3) is 0 Å². The van der Waals surface area contributed by atoms with E-state index in [4.69, 9.17) is 17.3 Å². The molecule has 1 atom stereocenters. The van der Waals surface area contributed by atoms with E-state index in [1.54, 1.807) is 0 Å². The molecule has 1 aromatic heterocycles. The highest BCUT2D eigenvalue weighted by Gasteiger charge is 2.23. The van der Waals surface area contributed by atoms with Crippen LogP contribution in [0.15, 0.2) is 18.2 Å². The van der Waals surface area contributed by atoms with Crippen molar-refractivity contribution in [3.05, 3.63) is 28.8 Å². The Morgan fingerprint density at radius 2 is 2.22 bits per heavy atom. The number of aliphatic carboxylic acids is 1. The molecule has 1 aromatic carbocycles. The quantitative estimate of drug-likeness (QED) is 0.843. The van der Waals surface area contributed by atoms with Crippen LogP contribution in [0, 0.1) is 6.92 Å². The average Bonchev–Trinajstić information content (AvgIpc) is 2.67. The molecule has 1 heterocycles. The van der Waals surface area contributed by atoms with Crippen LogP contribution in [-0.2, 0) is 4.79 Å². The second-order valence-electron chi connectivity index (χ2n) is 4.01. The van der Waals surface area contributed by atoms with Crippen molar-refractivity contribution in [2.24, 2.45) is 0 Å². The van der Waals surface area contributed by atoms with Gasteiger partial charge in [-0.2, -0.15) is 0 Å². The van der Waals surface area contributed by atoms with Crippen LogP contribution >= 0.6 is 23.6 Å². The minimum Gasteiger partial charge on any atom is -0.501 e. The summed E-state index contributed by atoms with van der Waals surface area (Å²) >= 11 is 6.07. The second-order valence-corrected chi connectivity index (χ2v) is 5.49. The third-order valence-corrected chi connectivity index (χ3v) is 3.97. The summed E-state index contributed by atoms with van der Waals surface area (Å²) < 4.78 is 0.960. The lowest BCUT2D eigenvalue weighted by atomic mass is 10.1. The molecule has 0 aliphatic carbocycles. The highest BCUT2D eigenvalue weighted by Crippen LogP contribution is 2.30. The molecule has 2 N–H and O–H groups in total. The van der Waals surface area contributed by atoms with Crippen molar-refractivity contribution >= 4 is 44.8 Å². The van der Waals surface area contributed by atoms with Crippen LogP contribution in [-0.4, -0.2) is 26.2 Å². The molecule has 2 aromatic rings. The molecule has 0 fully saturated rings. The van der Waals surface area contributed by atoms with Crippen molar-refractivity contribution in [1.82, 2.24) is 4.98 Å². The van der Waals surface area contributed by atoms with Crippen LogP contribution in [0.5, 0.6) is 0 Å². The van der Waals surface area contributed by atoms with Crippen LogP contribution in [0.4, 0.5) is 0 Å². The van der Waals surface area contributed by atoms with Gasteiger partial charge in [0.2, 0.25) is 0 Å². The molecule has 0 bridgehead atoms. The molecule has 94 valence electrons. The Bertz CT molecular complexity index is 621. The zero-order valence-electron chi connectivity index (χ0n) is 9.58. The number of rotatable bonds is 4. The lowest BCUT2D eigenvalue weighted by Crippen LogP contribution is -2.14. The first-order chi connectivity index (χ1) is 8.47. The lowest BCUT2D eigenvalue weighted by molar-refractivity contribution is -0.137. The van der Waals surface area contributed by atoms with Gasteiger partial charge in [0.15, 0.2) is 5.05 Å². The number of thiocarbonyl (C=S) groups is 1. The van der Waals surface area contributed by atoms with E-state index in [1.807, 2.05) is 25.1 Å². The first kappa shape index (κ1) is 12.9. The summed E-state index contributed by atoms with van der Waals surface area (Å²) in [5.41, 5.74) is 1.89. The second kappa shape index (κ2) is 4.99. The number of fused-ring (bicyclic) bond motifs is 1. The van der Waals surface area contributed by atoms with Gasteiger partial charge in [0, 0.05) is 0 Å². The Kier molecular flexibility index (Phi) is 3.58. The monoisotopic (exact) mass is 281 g/mol. The van der Waals surface area contributed by atoms with Crippen molar-refractivity contribution in [3.8, 4) is 0 Å². The van der Waals surface area contributed by atoms with E-state index in [0.29, 0.717) is 5.01 Å². The van der Waals surface area contributed by atoms with E-state index in [0.717, 1.165) is 15.8 Å². The predicted molar refractivity (Wildman–Crippen MR) is 74.6 cm³/mol. The molecule has 0 amide bonds. The molecule has 0 aliphatic rings. The summed E-state index contributed by atoms with van der Waals surface area (Å²) in [5, 5.41) is 18.5. The van der Waals surface area contributed by atoms with Crippen LogP contribution in [0.25, 0.3) is 10.2 Å². The smallest absolute Gasteiger partial charge is 0.304 e. The molecule has 0 aliphatic heterocycles. The minimum absolute atomic E-state index is 0.242. The maximum atomic E-state index is 10.8. The molecular formula is C12H11NO3S2. The summed E-state index contributed by atoms with van der Waals surface area (Å²) in [6.07, 6.45) is -0.242. The third-order valence-electron chi connectivity index (χ3n) is 2.53. The largest absolute Gasteiger partial charge is 0.501 e. The maximum absolute atomic E-state index is 10.8. The third kappa shape index (κ3) is 2.65. The highest BCUT2D eigenvalue weighted by molar-refractivity contribution is 7.80. The highest BCUT2D eigenvalue weighted by atomic mass is 32.1. The summed E-state index contributed by atoms with van der Waals surface area (Å²) in [6, 6.07) is 5.82. The number of thiazole rings is 1. The summed E-state index contributed by atoms with van der Waals surface area (Å²) in [4.78, 5) is 15.1. The van der Waals surface area contributed by atoms with Gasteiger partial charge in [-0.1, -0.05) is 6.07 Å². The van der Waals surface area contributed by atoms with Gasteiger partial charge >= 0.3 is 5.97 Å². The zero-order valence-corrected chi connectivity index (χ0v) is 11.2. The maximum Gasteiger partial charge on any atom is 0.304 e. The van der Waals surface area contributed by atoms with Crippen LogP contribution < -0.4 is 0 Å². The van der Waals surface area contributed by atoms with E-state index >= 15 is 0 Å². The zero-order chi connectivity index (χ0) is 13.3. The fourth-order valence-electron chi connectivity index (χ4n) is 1.66. The number of aromatic nitrogens is 1. The Balaban J connectivity index is 2.44. The molecule has 0 saturated carbocycles. The number of aryl methyl sites for hydroxylation is 1. The number of carboxylic acid groups (broad SMARTS) is 1. The van der Waals surface area contributed by atoms with Gasteiger partial charge in [0.1, 0.15) is 5.01 Å². The van der Waals surface area contributed by atoms with Crippen molar-refractivity contribution in [2.45, 2.75) is 19.3 Å². The van der Waals surface area contributed by atoms with Gasteiger partial charge in [-0.15, -0.1) is 11.3 Å². The Hall–Kier alpha value is -1.53. The topological polar surface area (TPSA) is 70.4 Å². The summed E-state index contributed by atoms with van der Waals surface area (Å²) in [5.74, 6) is -1.72. The van der Waals surface area contributed by atoms with E-state index in [9.17, 15) is 9.90 Å². The Morgan fingerprint density at radius 1 is 1.50 bits per heavy atom. The molecule has 6 heteroatoms. The fraction of sp³-hybridized carbons (Fsp3) is 0.250. The SMILES string of the molecule is Cc1ccc2sc(C(CC(=O)O)C(O)=S)nc2c1. The molecular weight excluding hydrogens is 270 g/mol. The first-order valence-electron chi connectivity index (χ1n) is 5.29. The molecule has 0 radical (unpaired) electrons. The summed E-state index contributed by atoms with van der Waals surface area (Å²) in [6.45, 7) is 1.96. The van der Waals surface area contributed by atoms with Crippen molar-refractivity contribution in [1.29, 1.82) is 0 Å². The van der Waals surface area contributed by atoms with Gasteiger partial charge in [-0.05, 0) is 36.8 Å². The number of hydrogen-bond donors (Lipinski definition) is 2. The van der Waals surface area contributed by atoms with Gasteiger partial charge in [0.05, 0.1) is 22.6 Å². The van der Waals surface area contributed by atoms with Crippen molar-refractivity contribution in [2.75, 3.05) is 0 Å². The number of aliphatic hydroxyl groups excluding tert-OH is 1. The molecule has 2 rings (SSSR count). The minimum atomic E-state index is -1.01. The van der Waals surface area contributed by atoms with E-state index in [-0.39, 0.29) is 11.5 Å². The van der Waals surface area contributed by atoms with Crippen molar-refractivity contribution < 1.29 is 15.0 Å². The van der Waals surface area contributed by atoms with Gasteiger partial charge in [-0.3, -0.25) is 4.79 Å². The molecule has 0 saturated heterocycles. The van der Waals surface area contributed by atoms with E-state index < -0.39 is 11.9 Å². The number of carbonyl (C=O) groups is 1. The summed E-state index contributed by atoms with van der Waals surface area (Å²) in [7, 11) is 0. The van der Waals surface area contributed by atoms with Gasteiger partial charge in [-0.25, -0.2) is 4.98 Å². The Morgan fingerprint density at radius 3 is 2.83 bits per heavy atom. The van der Waals surface area contributed by atoms with Gasteiger partial charge < -0.3 is 10.2 Å². The normalized spacial score (nSPS) is 12.5. The number of aliphatic hydroxyl groups is 1. The van der Waals surface area contributed by atoms with Crippen LogP contribution in [0.2, 0.25) is 0 Å². The number of nitrogens with zero attached hydrogens (tertiary/aromatic N) is 1. The average molecular weight is 281 g/mol. The van der Waals surface area contributed by atoms with E-state index in [1.165, 1.54) is 11.3 Å². The Labute approximate surface area is 113 Å². The predicted octanol–water partition coefficient (Wildman–Crippen LogP) is 3.05. The van der Waals surface area contributed by atoms with Crippen LogP contribution in [0.3, 0.4) is 0 Å². The number of benzene rings is 1. The fourth-order valence-corrected chi connectivity index (χ4v) is 2.98. The van der Waals surface area contributed by atoms with Crippen LogP contribution in [0.1, 0.15) is 22.9 Å². The molecule has 0 spiro atoms. The number of hydrogen-bond acceptors (Lipinski definition) is 4. The lowest BCUT2D eigenvalue weighted by Gasteiger charge is -2.07. The number of carboxylic acids is 1. The first-order valence-corrected chi connectivity index (χ1v) is 6.51. The molecule has 18 heavy (non-hydrogen) atoms. The molecule has 1 unspecified atom stereocenters. The van der Waals surface area contributed by atoms with Crippen molar-refractivity contribution in [3.63, 3.8) is 0 Å². The van der Waals surface area contributed by atoms with E-state index in [2.05, 4.69) is 4.98 Å². The molecule has 4 nitrogen and oxygen atoms in total.